The lowest BCUT2D eigenvalue weighted by atomic mass is 9.92. The molecule has 1 aliphatic rings. The number of rotatable bonds is 5. The maximum absolute atomic E-state index is 12.3. The van der Waals surface area contributed by atoms with E-state index in [0.717, 1.165) is 25.6 Å². The zero-order valence-electron chi connectivity index (χ0n) is 19.3. The average molecular weight is 492 g/mol. The maximum atomic E-state index is 12.3. The van der Waals surface area contributed by atoms with Crippen LogP contribution in [0.25, 0.3) is 5.52 Å². The number of aromatic nitrogens is 3. The highest BCUT2D eigenvalue weighted by Crippen LogP contribution is 2.43. The minimum Gasteiger partial charge on any atom is -0.455 e. The van der Waals surface area contributed by atoms with Gasteiger partial charge in [0.2, 0.25) is 5.60 Å². The molecular formula is C21H25N5O7S. The molecule has 0 unspecified atom stereocenters. The zero-order chi connectivity index (χ0) is 25.3. The molecule has 0 amide bonds. The van der Waals surface area contributed by atoms with Crippen molar-refractivity contribution in [3.05, 3.63) is 24.2 Å². The van der Waals surface area contributed by atoms with E-state index in [1.807, 2.05) is 26.8 Å². The molecule has 1 saturated heterocycles. The van der Waals surface area contributed by atoms with Crippen LogP contribution in [-0.4, -0.2) is 61.5 Å². The van der Waals surface area contributed by atoms with Gasteiger partial charge in [-0.15, -0.1) is 0 Å². The molecule has 2 aromatic heterocycles. The van der Waals surface area contributed by atoms with Crippen LogP contribution in [0.4, 0.5) is 10.6 Å². The second-order valence-electron chi connectivity index (χ2n) is 8.54. The molecule has 3 heterocycles. The van der Waals surface area contributed by atoms with E-state index < -0.39 is 45.9 Å². The van der Waals surface area contributed by atoms with Gasteiger partial charge < -0.3 is 24.7 Å². The second kappa shape index (κ2) is 9.47. The molecule has 12 nitrogen and oxygen atoms in total. The first-order valence-corrected chi connectivity index (χ1v) is 11.1. The number of ether oxygens (including phenoxy) is 4. The van der Waals surface area contributed by atoms with Crippen molar-refractivity contribution in [2.24, 2.45) is 0 Å². The molecular weight excluding hydrogens is 466 g/mol. The number of carbonyl (C=O) groups is 3. The molecule has 0 aromatic carbocycles. The van der Waals surface area contributed by atoms with Crippen molar-refractivity contribution in [2.75, 3.05) is 12.3 Å². The zero-order valence-corrected chi connectivity index (χ0v) is 20.1. The highest BCUT2D eigenvalue weighted by Gasteiger charge is 2.62. The maximum Gasteiger partial charge on any atom is 0.367 e. The summed E-state index contributed by atoms with van der Waals surface area (Å²) in [6.45, 7) is 7.48. The summed E-state index contributed by atoms with van der Waals surface area (Å²) in [5.41, 5.74) is 4.50. The second-order valence-corrected chi connectivity index (χ2v) is 10.3. The average Bonchev–Trinajstić information content (AvgIpc) is 3.26. The van der Waals surface area contributed by atoms with Gasteiger partial charge in [-0.3, -0.25) is 9.59 Å². The summed E-state index contributed by atoms with van der Waals surface area (Å²) in [4.78, 5) is 40.1. The number of nitrogen functional groups attached to an aromatic ring is 1. The van der Waals surface area contributed by atoms with Gasteiger partial charge in [0.25, 0.3) is 0 Å². The van der Waals surface area contributed by atoms with E-state index in [1.165, 1.54) is 16.9 Å². The van der Waals surface area contributed by atoms with Crippen molar-refractivity contribution in [1.82, 2.24) is 14.6 Å². The number of thioether (sulfide) groups is 1. The third-order valence-corrected chi connectivity index (χ3v) is 5.68. The van der Waals surface area contributed by atoms with Crippen LogP contribution in [0.15, 0.2) is 18.5 Å². The Labute approximate surface area is 199 Å². The highest BCUT2D eigenvalue weighted by atomic mass is 32.2. The third-order valence-electron chi connectivity index (χ3n) is 4.78. The normalized spacial score (nSPS) is 24.4. The molecule has 182 valence electrons. The van der Waals surface area contributed by atoms with Crippen LogP contribution in [0.1, 0.15) is 40.3 Å². The number of esters is 2. The number of fused-ring (bicyclic) bond motifs is 1. The van der Waals surface area contributed by atoms with Crippen molar-refractivity contribution in [3.8, 4) is 6.07 Å². The minimum atomic E-state index is -1.97. The van der Waals surface area contributed by atoms with Crippen LogP contribution in [-0.2, 0) is 34.1 Å². The summed E-state index contributed by atoms with van der Waals surface area (Å²) in [7, 11) is 0. The Morgan fingerprint density at radius 2 is 1.94 bits per heavy atom. The molecule has 0 aliphatic carbocycles. The number of anilines is 1. The van der Waals surface area contributed by atoms with Crippen LogP contribution in [0.3, 0.4) is 0 Å². The van der Waals surface area contributed by atoms with Crippen LogP contribution in [0.5, 0.6) is 0 Å². The highest BCUT2D eigenvalue weighted by molar-refractivity contribution is 8.14. The quantitative estimate of drug-likeness (QED) is 0.477. The monoisotopic (exact) mass is 491 g/mol. The summed E-state index contributed by atoms with van der Waals surface area (Å²) in [5.74, 6) is -1.29. The lowest BCUT2D eigenvalue weighted by molar-refractivity contribution is -0.166. The van der Waals surface area contributed by atoms with Crippen molar-refractivity contribution in [1.29, 1.82) is 5.26 Å². The van der Waals surface area contributed by atoms with Gasteiger partial charge in [-0.1, -0.05) is 20.8 Å². The van der Waals surface area contributed by atoms with Gasteiger partial charge >= 0.3 is 17.2 Å². The summed E-state index contributed by atoms with van der Waals surface area (Å²) >= 11 is 0.964. The molecule has 0 saturated carbocycles. The van der Waals surface area contributed by atoms with Gasteiger partial charge in [0.1, 0.15) is 30.6 Å². The summed E-state index contributed by atoms with van der Waals surface area (Å²) < 4.78 is 23.2. The van der Waals surface area contributed by atoms with E-state index in [1.54, 1.807) is 6.07 Å². The molecule has 4 atom stereocenters. The predicted molar refractivity (Wildman–Crippen MR) is 119 cm³/mol. The fourth-order valence-electron chi connectivity index (χ4n) is 3.60. The molecule has 0 spiro atoms. The minimum absolute atomic E-state index is 0.151. The van der Waals surface area contributed by atoms with E-state index in [0.29, 0.717) is 5.52 Å². The SMILES string of the molecule is CC(=O)O[C@H]1[C@@H](OC(C)=O)[C@](C#N)(c2ccc3c(N)ncnn23)O[C@@H]1COC(=O)SC(C)(C)C. The first kappa shape index (κ1) is 25.3. The number of nitriles is 1. The number of hydrogen-bond acceptors (Lipinski definition) is 12. The number of carbonyl (C=O) groups excluding carboxylic acids is 3. The van der Waals surface area contributed by atoms with E-state index in [4.69, 9.17) is 24.7 Å². The molecule has 1 fully saturated rings. The van der Waals surface area contributed by atoms with Gasteiger partial charge in [-0.2, -0.15) is 10.4 Å². The van der Waals surface area contributed by atoms with Crippen molar-refractivity contribution < 1.29 is 33.3 Å². The van der Waals surface area contributed by atoms with Crippen molar-refractivity contribution >= 4 is 40.3 Å². The largest absolute Gasteiger partial charge is 0.455 e. The van der Waals surface area contributed by atoms with E-state index >= 15 is 0 Å². The first-order valence-electron chi connectivity index (χ1n) is 10.3. The van der Waals surface area contributed by atoms with E-state index in [-0.39, 0.29) is 18.1 Å². The molecule has 34 heavy (non-hydrogen) atoms. The summed E-state index contributed by atoms with van der Waals surface area (Å²) in [6.07, 6.45) is -2.58. The Kier molecular flexibility index (Phi) is 7.04. The molecule has 1 aliphatic heterocycles. The molecule has 2 aromatic rings. The van der Waals surface area contributed by atoms with Gasteiger partial charge in [0.05, 0.1) is 5.69 Å². The summed E-state index contributed by atoms with van der Waals surface area (Å²) in [5, 5.41) is 13.9. The Hall–Kier alpha value is -3.37. The smallest absolute Gasteiger partial charge is 0.367 e. The van der Waals surface area contributed by atoms with Crippen molar-refractivity contribution in [3.63, 3.8) is 0 Å². The number of nitrogens with zero attached hydrogens (tertiary/aromatic N) is 4. The fraction of sp³-hybridized carbons (Fsp3) is 0.524. The predicted octanol–water partition coefficient (Wildman–Crippen LogP) is 1.96. The lowest BCUT2D eigenvalue weighted by Gasteiger charge is -2.28. The molecule has 3 rings (SSSR count). The number of nitrogens with two attached hydrogens (primary N) is 1. The Balaban J connectivity index is 2.05. The molecule has 0 bridgehead atoms. The number of hydrogen-bond donors (Lipinski definition) is 1. The van der Waals surface area contributed by atoms with Gasteiger partial charge in [-0.05, 0) is 23.9 Å². The van der Waals surface area contributed by atoms with Crippen LogP contribution < -0.4 is 5.73 Å². The van der Waals surface area contributed by atoms with Gasteiger partial charge in [0.15, 0.2) is 18.0 Å². The van der Waals surface area contributed by atoms with Gasteiger partial charge in [0, 0.05) is 18.6 Å². The molecule has 2 N–H and O–H groups in total. The van der Waals surface area contributed by atoms with E-state index in [9.17, 15) is 19.6 Å². The third kappa shape index (κ3) is 5.07. The Morgan fingerprint density at radius 1 is 1.26 bits per heavy atom. The van der Waals surface area contributed by atoms with Crippen LogP contribution in [0.2, 0.25) is 0 Å². The van der Waals surface area contributed by atoms with E-state index in [2.05, 4.69) is 10.1 Å². The fourth-order valence-corrected chi connectivity index (χ4v) is 4.23. The Morgan fingerprint density at radius 3 is 2.53 bits per heavy atom. The van der Waals surface area contributed by atoms with Crippen molar-refractivity contribution in [2.45, 2.75) is 63.3 Å². The van der Waals surface area contributed by atoms with Crippen LogP contribution in [0, 0.1) is 11.3 Å². The molecule has 13 heteroatoms. The first-order chi connectivity index (χ1) is 15.9. The van der Waals surface area contributed by atoms with Crippen LogP contribution >= 0.6 is 11.8 Å². The lowest BCUT2D eigenvalue weighted by Crippen LogP contribution is -2.45. The summed E-state index contributed by atoms with van der Waals surface area (Å²) in [6, 6.07) is 5.15. The topological polar surface area (TPSA) is 168 Å². The standard InChI is InChI=1S/C21H25N5O7S/c1-11(27)31-16-14(8-30-19(29)34-20(3,4)5)33-21(9-22,17(16)32-12(2)28)15-7-6-13-18(23)24-10-25-26(13)15/h6-7,10,14,16-17H,8H2,1-5H3,(H2,23,24,25)/t14-,16-,17-,21+/m1/s1. The Bertz CT molecular complexity index is 1150. The van der Waals surface area contributed by atoms with Gasteiger partial charge in [-0.25, -0.2) is 14.3 Å². The molecule has 0 radical (unpaired) electrons.